The van der Waals surface area contributed by atoms with Crippen LogP contribution in [0.4, 0.5) is 0 Å². The number of nitrogens with zero attached hydrogens (tertiary/aromatic N) is 2. The van der Waals surface area contributed by atoms with E-state index in [9.17, 15) is 5.11 Å². The molecule has 4 heteroatoms. The van der Waals surface area contributed by atoms with Gasteiger partial charge in [-0.1, -0.05) is 29.8 Å². The van der Waals surface area contributed by atoms with Gasteiger partial charge in [0.15, 0.2) is 0 Å². The van der Waals surface area contributed by atoms with Crippen molar-refractivity contribution in [3.05, 3.63) is 59.9 Å². The first-order valence-electron chi connectivity index (χ1n) is 7.43. The second kappa shape index (κ2) is 6.20. The van der Waals surface area contributed by atoms with Crippen LogP contribution < -0.4 is 4.74 Å². The van der Waals surface area contributed by atoms with E-state index in [0.29, 0.717) is 6.54 Å². The number of aryl methyl sites for hydroxylation is 2. The standard InChI is InChI=1S/C18H20N2O2/c1-13-7-9-16(10-8-13)22-12-15(21)11-20-14(2)19-17-5-3-4-6-18(17)20/h3-10,15,21H,11-12H2,1-2H3. The number of para-hydroxylation sites is 2. The Labute approximate surface area is 130 Å². The third-order valence-electron chi connectivity index (χ3n) is 3.70. The molecule has 0 radical (unpaired) electrons. The molecule has 3 aromatic rings. The van der Waals surface area contributed by atoms with Crippen LogP contribution in [0.25, 0.3) is 11.0 Å². The van der Waals surface area contributed by atoms with Gasteiger partial charge >= 0.3 is 0 Å². The van der Waals surface area contributed by atoms with Crippen LogP contribution in [0.1, 0.15) is 11.4 Å². The molecule has 1 atom stereocenters. The quantitative estimate of drug-likeness (QED) is 0.787. The molecule has 0 spiro atoms. The van der Waals surface area contributed by atoms with E-state index in [2.05, 4.69) is 4.98 Å². The van der Waals surface area contributed by atoms with E-state index >= 15 is 0 Å². The van der Waals surface area contributed by atoms with Gasteiger partial charge in [0.1, 0.15) is 24.3 Å². The summed E-state index contributed by atoms with van der Waals surface area (Å²) in [7, 11) is 0. The highest BCUT2D eigenvalue weighted by atomic mass is 16.5. The smallest absolute Gasteiger partial charge is 0.119 e. The van der Waals surface area contributed by atoms with Crippen LogP contribution in [0.3, 0.4) is 0 Å². The van der Waals surface area contributed by atoms with Crippen molar-refractivity contribution >= 4 is 11.0 Å². The van der Waals surface area contributed by atoms with Gasteiger partial charge in [-0.05, 0) is 38.1 Å². The lowest BCUT2D eigenvalue weighted by molar-refractivity contribution is 0.0929. The number of imidazole rings is 1. The summed E-state index contributed by atoms with van der Waals surface area (Å²) in [5.41, 5.74) is 3.18. The van der Waals surface area contributed by atoms with E-state index < -0.39 is 6.10 Å². The molecule has 0 fully saturated rings. The lowest BCUT2D eigenvalue weighted by atomic mass is 10.2. The summed E-state index contributed by atoms with van der Waals surface area (Å²) in [6.45, 7) is 4.71. The zero-order chi connectivity index (χ0) is 15.5. The third-order valence-corrected chi connectivity index (χ3v) is 3.70. The van der Waals surface area contributed by atoms with Crippen molar-refractivity contribution in [1.82, 2.24) is 9.55 Å². The van der Waals surface area contributed by atoms with Gasteiger partial charge in [-0.25, -0.2) is 4.98 Å². The largest absolute Gasteiger partial charge is 0.491 e. The minimum atomic E-state index is -0.586. The molecule has 1 aromatic heterocycles. The molecule has 0 saturated heterocycles. The lowest BCUT2D eigenvalue weighted by Crippen LogP contribution is -2.24. The first-order valence-corrected chi connectivity index (χ1v) is 7.43. The van der Waals surface area contributed by atoms with Crippen LogP contribution in [0.15, 0.2) is 48.5 Å². The Morgan fingerprint density at radius 1 is 1.09 bits per heavy atom. The van der Waals surface area contributed by atoms with Crippen LogP contribution >= 0.6 is 0 Å². The first kappa shape index (κ1) is 14.6. The van der Waals surface area contributed by atoms with Gasteiger partial charge in [0.25, 0.3) is 0 Å². The predicted molar refractivity (Wildman–Crippen MR) is 87.2 cm³/mol. The highest BCUT2D eigenvalue weighted by molar-refractivity contribution is 5.75. The molecule has 4 nitrogen and oxygen atoms in total. The molecule has 0 saturated carbocycles. The van der Waals surface area contributed by atoms with Gasteiger partial charge in [-0.15, -0.1) is 0 Å². The summed E-state index contributed by atoms with van der Waals surface area (Å²) in [4.78, 5) is 4.51. The molecule has 1 unspecified atom stereocenters. The molecular formula is C18H20N2O2. The van der Waals surface area contributed by atoms with E-state index in [0.717, 1.165) is 22.6 Å². The Bertz CT molecular complexity index is 762. The van der Waals surface area contributed by atoms with E-state index in [-0.39, 0.29) is 6.61 Å². The molecule has 1 N–H and O–H groups in total. The van der Waals surface area contributed by atoms with Crippen molar-refractivity contribution < 1.29 is 9.84 Å². The number of aromatic nitrogens is 2. The van der Waals surface area contributed by atoms with E-state index in [1.165, 1.54) is 5.56 Å². The highest BCUT2D eigenvalue weighted by Crippen LogP contribution is 2.16. The predicted octanol–water partition coefficient (Wildman–Crippen LogP) is 3.09. The second-order valence-electron chi connectivity index (χ2n) is 5.54. The molecule has 2 aromatic carbocycles. The number of aliphatic hydroxyl groups is 1. The number of fused-ring (bicyclic) bond motifs is 1. The molecule has 22 heavy (non-hydrogen) atoms. The maximum atomic E-state index is 10.2. The number of aliphatic hydroxyl groups excluding tert-OH is 1. The highest BCUT2D eigenvalue weighted by Gasteiger charge is 2.12. The Balaban J connectivity index is 1.67. The fourth-order valence-electron chi connectivity index (χ4n) is 2.52. The van der Waals surface area contributed by atoms with Crippen LogP contribution in [-0.2, 0) is 6.54 Å². The summed E-state index contributed by atoms with van der Waals surface area (Å²) in [5, 5.41) is 10.2. The van der Waals surface area contributed by atoms with Crippen molar-refractivity contribution in [3.63, 3.8) is 0 Å². The summed E-state index contributed by atoms with van der Waals surface area (Å²) >= 11 is 0. The Morgan fingerprint density at radius 2 is 1.82 bits per heavy atom. The minimum absolute atomic E-state index is 0.259. The topological polar surface area (TPSA) is 47.3 Å². The molecule has 3 rings (SSSR count). The number of benzene rings is 2. The van der Waals surface area contributed by atoms with Gasteiger partial charge in [0.2, 0.25) is 0 Å². The number of rotatable bonds is 5. The Hall–Kier alpha value is -2.33. The van der Waals surface area contributed by atoms with Gasteiger partial charge < -0.3 is 14.4 Å². The molecule has 0 bridgehead atoms. The zero-order valence-corrected chi connectivity index (χ0v) is 12.9. The Morgan fingerprint density at radius 3 is 2.59 bits per heavy atom. The van der Waals surface area contributed by atoms with Crippen molar-refractivity contribution in [3.8, 4) is 5.75 Å². The number of ether oxygens (including phenoxy) is 1. The Kier molecular flexibility index (Phi) is 4.11. The lowest BCUT2D eigenvalue weighted by Gasteiger charge is -2.15. The molecule has 0 aliphatic rings. The fraction of sp³-hybridized carbons (Fsp3) is 0.278. The van der Waals surface area contributed by atoms with Gasteiger partial charge in [0.05, 0.1) is 17.6 Å². The van der Waals surface area contributed by atoms with Crippen molar-refractivity contribution in [2.45, 2.75) is 26.5 Å². The SMILES string of the molecule is Cc1ccc(OCC(O)Cn2c(C)nc3ccccc32)cc1. The number of hydrogen-bond donors (Lipinski definition) is 1. The maximum Gasteiger partial charge on any atom is 0.119 e. The van der Waals surface area contributed by atoms with E-state index in [1.807, 2.05) is 66.9 Å². The van der Waals surface area contributed by atoms with E-state index in [1.54, 1.807) is 0 Å². The normalized spacial score (nSPS) is 12.5. The van der Waals surface area contributed by atoms with Crippen molar-refractivity contribution in [2.75, 3.05) is 6.61 Å². The van der Waals surface area contributed by atoms with Crippen molar-refractivity contribution in [2.24, 2.45) is 0 Å². The fourth-order valence-corrected chi connectivity index (χ4v) is 2.52. The summed E-state index contributed by atoms with van der Waals surface area (Å²) in [6, 6.07) is 15.8. The average molecular weight is 296 g/mol. The van der Waals surface area contributed by atoms with Gasteiger partial charge in [0, 0.05) is 0 Å². The van der Waals surface area contributed by atoms with Crippen LogP contribution in [-0.4, -0.2) is 27.4 Å². The molecular weight excluding hydrogens is 276 g/mol. The first-order chi connectivity index (χ1) is 10.6. The number of hydrogen-bond acceptors (Lipinski definition) is 3. The molecule has 114 valence electrons. The molecule has 0 aliphatic heterocycles. The third kappa shape index (κ3) is 3.12. The maximum absolute atomic E-state index is 10.2. The van der Waals surface area contributed by atoms with Gasteiger partial charge in [-0.2, -0.15) is 0 Å². The van der Waals surface area contributed by atoms with Crippen LogP contribution in [0.2, 0.25) is 0 Å². The van der Waals surface area contributed by atoms with Crippen LogP contribution in [0, 0.1) is 13.8 Å². The minimum Gasteiger partial charge on any atom is -0.491 e. The van der Waals surface area contributed by atoms with Crippen molar-refractivity contribution in [1.29, 1.82) is 0 Å². The summed E-state index contributed by atoms with van der Waals surface area (Å²) in [5.74, 6) is 1.67. The average Bonchev–Trinajstić information content (AvgIpc) is 2.83. The molecule has 1 heterocycles. The molecule has 0 aliphatic carbocycles. The van der Waals surface area contributed by atoms with Crippen LogP contribution in [0.5, 0.6) is 5.75 Å². The van der Waals surface area contributed by atoms with Gasteiger partial charge in [-0.3, -0.25) is 0 Å². The summed E-state index contributed by atoms with van der Waals surface area (Å²) in [6.07, 6.45) is -0.586. The second-order valence-corrected chi connectivity index (χ2v) is 5.54. The zero-order valence-electron chi connectivity index (χ0n) is 12.9. The monoisotopic (exact) mass is 296 g/mol. The molecule has 0 amide bonds. The van der Waals surface area contributed by atoms with E-state index in [4.69, 9.17) is 4.74 Å². The summed E-state index contributed by atoms with van der Waals surface area (Å²) < 4.78 is 7.67.